The van der Waals surface area contributed by atoms with Gasteiger partial charge in [0, 0.05) is 24.2 Å². The first kappa shape index (κ1) is 14.2. The molecule has 0 aromatic carbocycles. The molecule has 0 radical (unpaired) electrons. The molecule has 1 atom stereocenters. The van der Waals surface area contributed by atoms with Gasteiger partial charge >= 0.3 is 0 Å². The summed E-state index contributed by atoms with van der Waals surface area (Å²) in [4.78, 5) is 6.04. The average molecular weight is 278 g/mol. The Bertz CT molecular complexity index is 556. The van der Waals surface area contributed by atoms with Crippen LogP contribution >= 0.6 is 11.3 Å². The summed E-state index contributed by atoms with van der Waals surface area (Å²) in [5.74, 6) is 0. The van der Waals surface area contributed by atoms with Gasteiger partial charge in [-0.3, -0.25) is 4.68 Å². The molecule has 0 amide bonds. The molecule has 1 N–H and O–H groups in total. The zero-order valence-electron chi connectivity index (χ0n) is 12.3. The lowest BCUT2D eigenvalue weighted by Gasteiger charge is -2.11. The first-order valence-corrected chi connectivity index (χ1v) is 7.56. The van der Waals surface area contributed by atoms with Crippen LogP contribution in [0.1, 0.15) is 42.6 Å². The topological polar surface area (TPSA) is 42.7 Å². The van der Waals surface area contributed by atoms with Crippen LogP contribution in [0.5, 0.6) is 0 Å². The summed E-state index contributed by atoms with van der Waals surface area (Å²) in [6, 6.07) is 0.364. The zero-order valence-corrected chi connectivity index (χ0v) is 13.1. The molecule has 0 saturated heterocycles. The van der Waals surface area contributed by atoms with Gasteiger partial charge in [-0.2, -0.15) is 5.10 Å². The van der Waals surface area contributed by atoms with Gasteiger partial charge in [0.25, 0.3) is 0 Å². The molecule has 5 heteroatoms. The second-order valence-electron chi connectivity index (χ2n) is 4.95. The Morgan fingerprint density at radius 2 is 2.11 bits per heavy atom. The van der Waals surface area contributed by atoms with Crippen molar-refractivity contribution in [1.29, 1.82) is 0 Å². The number of nitrogens with one attached hydrogen (secondary N) is 1. The summed E-state index contributed by atoms with van der Waals surface area (Å²) < 4.78 is 1.85. The van der Waals surface area contributed by atoms with Gasteiger partial charge in [-0.15, -0.1) is 11.3 Å². The second kappa shape index (κ2) is 5.84. The van der Waals surface area contributed by atoms with E-state index < -0.39 is 0 Å². The third kappa shape index (κ3) is 3.04. The third-order valence-electron chi connectivity index (χ3n) is 3.17. The van der Waals surface area contributed by atoms with Crippen LogP contribution in [0.4, 0.5) is 0 Å². The Labute approximate surface area is 118 Å². The highest BCUT2D eigenvalue weighted by Crippen LogP contribution is 2.32. The van der Waals surface area contributed by atoms with Gasteiger partial charge in [-0.25, -0.2) is 4.98 Å². The van der Waals surface area contributed by atoms with Crippen LogP contribution in [0.25, 0.3) is 10.6 Å². The predicted octanol–water partition coefficient (Wildman–Crippen LogP) is 3.22. The highest BCUT2D eigenvalue weighted by Gasteiger charge is 2.17. The Balaban J connectivity index is 2.28. The van der Waals surface area contributed by atoms with Gasteiger partial charge in [0.1, 0.15) is 5.01 Å². The van der Waals surface area contributed by atoms with Crippen molar-refractivity contribution in [3.05, 3.63) is 22.5 Å². The fourth-order valence-electron chi connectivity index (χ4n) is 2.19. The van der Waals surface area contributed by atoms with E-state index in [1.807, 2.05) is 24.9 Å². The number of aromatic nitrogens is 3. The number of rotatable bonds is 5. The van der Waals surface area contributed by atoms with Crippen LogP contribution in [0, 0.1) is 13.8 Å². The molecule has 0 aliphatic carbocycles. The maximum Gasteiger partial charge on any atom is 0.127 e. The molecule has 0 bridgehead atoms. The van der Waals surface area contributed by atoms with E-state index in [0.29, 0.717) is 6.04 Å². The molecule has 19 heavy (non-hydrogen) atoms. The normalized spacial score (nSPS) is 12.9. The summed E-state index contributed by atoms with van der Waals surface area (Å²) in [6.45, 7) is 9.55. The first-order valence-electron chi connectivity index (χ1n) is 6.74. The van der Waals surface area contributed by atoms with Gasteiger partial charge in [0.05, 0.1) is 17.0 Å². The Morgan fingerprint density at radius 3 is 2.68 bits per heavy atom. The second-order valence-corrected chi connectivity index (χ2v) is 5.98. The monoisotopic (exact) mass is 278 g/mol. The van der Waals surface area contributed by atoms with E-state index >= 15 is 0 Å². The van der Waals surface area contributed by atoms with Gasteiger partial charge < -0.3 is 5.32 Å². The van der Waals surface area contributed by atoms with E-state index in [0.717, 1.165) is 34.9 Å². The van der Waals surface area contributed by atoms with Gasteiger partial charge in [0.15, 0.2) is 0 Å². The highest BCUT2D eigenvalue weighted by molar-refractivity contribution is 7.15. The molecule has 0 saturated carbocycles. The van der Waals surface area contributed by atoms with E-state index in [9.17, 15) is 0 Å². The average Bonchev–Trinajstić information content (AvgIpc) is 2.89. The standard InChI is InChI=1S/C14H22N4S/c1-6-7-15-10(3)13-11(4)16-14(19-13)12-8-18(5)17-9(12)2/h8,10,15H,6-7H2,1-5H3. The van der Waals surface area contributed by atoms with Crippen molar-refractivity contribution < 1.29 is 0 Å². The summed E-state index contributed by atoms with van der Waals surface area (Å²) in [5.41, 5.74) is 3.31. The van der Waals surface area contributed by atoms with Crippen LogP contribution in [0.15, 0.2) is 6.20 Å². The van der Waals surface area contributed by atoms with E-state index in [1.54, 1.807) is 11.3 Å². The maximum absolute atomic E-state index is 4.71. The van der Waals surface area contributed by atoms with Crippen molar-refractivity contribution in [2.24, 2.45) is 7.05 Å². The van der Waals surface area contributed by atoms with E-state index in [2.05, 4.69) is 31.2 Å². The van der Waals surface area contributed by atoms with Crippen molar-refractivity contribution in [3.63, 3.8) is 0 Å². The number of aryl methyl sites for hydroxylation is 3. The quantitative estimate of drug-likeness (QED) is 0.913. The summed E-state index contributed by atoms with van der Waals surface area (Å²) in [7, 11) is 1.95. The molecule has 0 aliphatic rings. The molecule has 1 unspecified atom stereocenters. The molecule has 0 aliphatic heterocycles. The summed E-state index contributed by atoms with van der Waals surface area (Å²) in [6.07, 6.45) is 3.19. The van der Waals surface area contributed by atoms with Gasteiger partial charge in [-0.05, 0) is 33.7 Å². The smallest absolute Gasteiger partial charge is 0.127 e. The van der Waals surface area contributed by atoms with Crippen LogP contribution in [0.3, 0.4) is 0 Å². The minimum absolute atomic E-state index is 0.364. The molecule has 2 rings (SSSR count). The van der Waals surface area contributed by atoms with Crippen LogP contribution in [-0.2, 0) is 7.05 Å². The van der Waals surface area contributed by atoms with Crippen molar-refractivity contribution in [1.82, 2.24) is 20.1 Å². The molecule has 0 fully saturated rings. The predicted molar refractivity (Wildman–Crippen MR) is 80.5 cm³/mol. The maximum atomic E-state index is 4.71. The molecule has 4 nitrogen and oxygen atoms in total. The first-order chi connectivity index (χ1) is 9.02. The zero-order chi connectivity index (χ0) is 14.0. The Kier molecular flexibility index (Phi) is 4.37. The fraction of sp³-hybridized carbons (Fsp3) is 0.571. The molecule has 2 aromatic rings. The largest absolute Gasteiger partial charge is 0.309 e. The number of hydrogen-bond acceptors (Lipinski definition) is 4. The van der Waals surface area contributed by atoms with Crippen molar-refractivity contribution in [2.45, 2.75) is 40.2 Å². The summed E-state index contributed by atoms with van der Waals surface area (Å²) in [5, 5.41) is 8.98. The minimum atomic E-state index is 0.364. The Morgan fingerprint density at radius 1 is 1.37 bits per heavy atom. The van der Waals surface area contributed by atoms with E-state index in [4.69, 9.17) is 4.98 Å². The minimum Gasteiger partial charge on any atom is -0.309 e. The lowest BCUT2D eigenvalue weighted by Crippen LogP contribution is -2.18. The Hall–Kier alpha value is -1.20. The van der Waals surface area contributed by atoms with E-state index in [-0.39, 0.29) is 0 Å². The van der Waals surface area contributed by atoms with Crippen molar-refractivity contribution >= 4 is 11.3 Å². The number of thiazole rings is 1. The van der Waals surface area contributed by atoms with Crippen LogP contribution in [-0.4, -0.2) is 21.3 Å². The van der Waals surface area contributed by atoms with Crippen molar-refractivity contribution in [3.8, 4) is 10.6 Å². The van der Waals surface area contributed by atoms with Crippen molar-refractivity contribution in [2.75, 3.05) is 6.54 Å². The summed E-state index contributed by atoms with van der Waals surface area (Å²) >= 11 is 1.77. The fourth-order valence-corrected chi connectivity index (χ4v) is 3.34. The molecule has 2 aromatic heterocycles. The molecule has 0 spiro atoms. The highest BCUT2D eigenvalue weighted by atomic mass is 32.1. The van der Waals surface area contributed by atoms with Crippen LogP contribution < -0.4 is 5.32 Å². The van der Waals surface area contributed by atoms with Crippen LogP contribution in [0.2, 0.25) is 0 Å². The molecule has 2 heterocycles. The van der Waals surface area contributed by atoms with E-state index in [1.165, 1.54) is 4.88 Å². The SMILES string of the molecule is CCCNC(C)c1sc(-c2cn(C)nc2C)nc1C. The molecular formula is C14H22N4S. The van der Waals surface area contributed by atoms with Gasteiger partial charge in [-0.1, -0.05) is 6.92 Å². The lowest BCUT2D eigenvalue weighted by molar-refractivity contribution is 0.575. The molecular weight excluding hydrogens is 256 g/mol. The molecule has 104 valence electrons. The number of hydrogen-bond donors (Lipinski definition) is 1. The van der Waals surface area contributed by atoms with Gasteiger partial charge in [0.2, 0.25) is 0 Å². The number of nitrogens with zero attached hydrogens (tertiary/aromatic N) is 3. The third-order valence-corrected chi connectivity index (χ3v) is 4.54. The lowest BCUT2D eigenvalue weighted by atomic mass is 10.2.